The van der Waals surface area contributed by atoms with Crippen molar-refractivity contribution in [2.24, 2.45) is 0 Å². The second-order valence-electron chi connectivity index (χ2n) is 4.86. The molecule has 0 saturated carbocycles. The number of amides is 1. The predicted octanol–water partition coefficient (Wildman–Crippen LogP) is 2.86. The molecule has 0 atom stereocenters. The molecule has 0 fully saturated rings. The van der Waals surface area contributed by atoms with E-state index in [1.807, 2.05) is 5.48 Å². The Morgan fingerprint density at radius 1 is 1.32 bits per heavy atom. The average Bonchev–Trinajstić information content (AvgIpc) is 2.57. The number of hydrogen-bond donors (Lipinski definition) is 3. The monoisotopic (exact) mass is 375 g/mol. The molecular formula is C15H13ClF3N3O3. The summed E-state index contributed by atoms with van der Waals surface area (Å²) in [6.45, 7) is 0.979. The second kappa shape index (κ2) is 8.15. The average molecular weight is 376 g/mol. The van der Waals surface area contributed by atoms with E-state index in [9.17, 15) is 18.0 Å². The van der Waals surface area contributed by atoms with Gasteiger partial charge in [-0.1, -0.05) is 11.6 Å². The lowest BCUT2D eigenvalue weighted by Gasteiger charge is -2.15. The molecule has 2 rings (SSSR count). The maximum atomic E-state index is 14.2. The number of carbonyl (C=O) groups is 1. The molecule has 0 unspecified atom stereocenters. The van der Waals surface area contributed by atoms with Crippen LogP contribution in [0.25, 0.3) is 0 Å². The van der Waals surface area contributed by atoms with Crippen molar-refractivity contribution in [1.82, 2.24) is 10.5 Å². The van der Waals surface area contributed by atoms with Crippen LogP contribution in [0.15, 0.2) is 18.3 Å². The smallest absolute Gasteiger partial charge is 0.277 e. The van der Waals surface area contributed by atoms with E-state index in [2.05, 4.69) is 15.1 Å². The molecule has 25 heavy (non-hydrogen) atoms. The summed E-state index contributed by atoms with van der Waals surface area (Å²) in [5.74, 6) is -5.83. The van der Waals surface area contributed by atoms with Crippen LogP contribution < -0.4 is 10.8 Å². The van der Waals surface area contributed by atoms with E-state index in [1.165, 1.54) is 12.3 Å². The first-order valence-electron chi connectivity index (χ1n) is 6.94. The number of hydroxylamine groups is 1. The zero-order valence-corrected chi connectivity index (χ0v) is 13.6. The highest BCUT2D eigenvalue weighted by Gasteiger charge is 2.24. The van der Waals surface area contributed by atoms with Gasteiger partial charge < -0.3 is 10.4 Å². The van der Waals surface area contributed by atoms with Gasteiger partial charge in [0, 0.05) is 6.20 Å². The Morgan fingerprint density at radius 3 is 2.68 bits per heavy atom. The van der Waals surface area contributed by atoms with E-state index in [0.29, 0.717) is 16.7 Å². The Kier molecular flexibility index (Phi) is 6.18. The molecule has 134 valence electrons. The first-order valence-corrected chi connectivity index (χ1v) is 7.32. The number of nitrogens with zero attached hydrogens (tertiary/aromatic N) is 1. The molecule has 0 spiro atoms. The van der Waals surface area contributed by atoms with Crippen LogP contribution >= 0.6 is 11.6 Å². The van der Waals surface area contributed by atoms with Crippen molar-refractivity contribution in [2.75, 3.05) is 18.5 Å². The summed E-state index contributed by atoms with van der Waals surface area (Å²) in [4.78, 5) is 20.6. The Bertz CT molecular complexity index is 805. The lowest BCUT2D eigenvalue weighted by molar-refractivity contribution is 0.0168. The van der Waals surface area contributed by atoms with Gasteiger partial charge in [-0.15, -0.1) is 0 Å². The Labute approximate surface area is 145 Å². The predicted molar refractivity (Wildman–Crippen MR) is 84.1 cm³/mol. The molecule has 3 N–H and O–H groups in total. The fraction of sp³-hybridized carbons (Fsp3) is 0.200. The van der Waals surface area contributed by atoms with E-state index in [0.717, 1.165) is 0 Å². The van der Waals surface area contributed by atoms with Gasteiger partial charge in [-0.05, 0) is 24.6 Å². The highest BCUT2D eigenvalue weighted by atomic mass is 35.5. The molecule has 0 saturated heterocycles. The van der Waals surface area contributed by atoms with Gasteiger partial charge in [0.15, 0.2) is 17.5 Å². The molecule has 0 aliphatic carbocycles. The van der Waals surface area contributed by atoms with Crippen molar-refractivity contribution < 1.29 is 27.9 Å². The van der Waals surface area contributed by atoms with Gasteiger partial charge in [-0.2, -0.15) is 0 Å². The van der Waals surface area contributed by atoms with E-state index in [-0.39, 0.29) is 19.0 Å². The summed E-state index contributed by atoms with van der Waals surface area (Å²) in [5.41, 5.74) is 1.20. The summed E-state index contributed by atoms with van der Waals surface area (Å²) < 4.78 is 41.3. The molecule has 0 aliphatic heterocycles. The number of aliphatic hydroxyl groups is 1. The molecule has 1 amide bonds. The number of pyridine rings is 1. The SMILES string of the molecule is Cc1cc(Cl)cnc1Nc1c(C(=O)NOCCO)cc(F)c(F)c1F. The first-order chi connectivity index (χ1) is 11.8. The molecule has 0 aliphatic rings. The minimum absolute atomic E-state index is 0.0969. The van der Waals surface area contributed by atoms with E-state index >= 15 is 0 Å². The van der Waals surface area contributed by atoms with Crippen molar-refractivity contribution >= 4 is 29.0 Å². The molecule has 0 radical (unpaired) electrons. The Balaban J connectivity index is 2.44. The standard InChI is InChI=1S/C15H13ClF3N3O3/c1-7-4-8(16)6-20-14(7)21-13-9(15(24)22-25-3-2-23)5-10(17)11(18)12(13)19/h4-6,23H,2-3H2,1H3,(H,20,21)(H,22,24). The lowest BCUT2D eigenvalue weighted by atomic mass is 10.1. The van der Waals surface area contributed by atoms with Gasteiger partial charge in [0.25, 0.3) is 5.91 Å². The molecule has 0 bridgehead atoms. The number of carbonyl (C=O) groups excluding carboxylic acids is 1. The van der Waals surface area contributed by atoms with E-state index in [1.54, 1.807) is 6.92 Å². The van der Waals surface area contributed by atoms with Gasteiger partial charge in [0.2, 0.25) is 0 Å². The molecular weight excluding hydrogens is 363 g/mol. The zero-order valence-electron chi connectivity index (χ0n) is 12.9. The maximum absolute atomic E-state index is 14.2. The van der Waals surface area contributed by atoms with E-state index < -0.39 is 34.6 Å². The highest BCUT2D eigenvalue weighted by molar-refractivity contribution is 6.30. The van der Waals surface area contributed by atoms with Crippen LogP contribution in [0.2, 0.25) is 5.02 Å². The summed E-state index contributed by atoms with van der Waals surface area (Å²) in [7, 11) is 0. The first kappa shape index (κ1) is 19.0. The van der Waals surface area contributed by atoms with Crippen LogP contribution in [0.5, 0.6) is 0 Å². The minimum Gasteiger partial charge on any atom is -0.394 e. The third kappa shape index (κ3) is 4.38. The maximum Gasteiger partial charge on any atom is 0.277 e. The summed E-state index contributed by atoms with van der Waals surface area (Å²) in [5, 5.41) is 11.4. The number of halogens is 4. The van der Waals surface area contributed by atoms with Crippen molar-refractivity contribution in [2.45, 2.75) is 6.92 Å². The van der Waals surface area contributed by atoms with Crippen molar-refractivity contribution in [3.63, 3.8) is 0 Å². The van der Waals surface area contributed by atoms with Crippen LogP contribution in [0.1, 0.15) is 15.9 Å². The number of aliphatic hydroxyl groups excluding tert-OH is 1. The lowest BCUT2D eigenvalue weighted by Crippen LogP contribution is -2.26. The van der Waals surface area contributed by atoms with Crippen LogP contribution in [-0.2, 0) is 4.84 Å². The van der Waals surface area contributed by atoms with Gasteiger partial charge in [-0.25, -0.2) is 23.6 Å². The summed E-state index contributed by atoms with van der Waals surface area (Å²) in [6.07, 6.45) is 1.26. The Hall–Kier alpha value is -2.36. The summed E-state index contributed by atoms with van der Waals surface area (Å²) >= 11 is 5.77. The highest BCUT2D eigenvalue weighted by Crippen LogP contribution is 2.29. The van der Waals surface area contributed by atoms with Crippen LogP contribution in [0, 0.1) is 24.4 Å². The molecule has 6 nitrogen and oxygen atoms in total. The Morgan fingerprint density at radius 2 is 2.04 bits per heavy atom. The molecule has 1 aromatic heterocycles. The number of aromatic nitrogens is 1. The van der Waals surface area contributed by atoms with Gasteiger partial charge >= 0.3 is 0 Å². The number of hydrogen-bond acceptors (Lipinski definition) is 5. The molecule has 1 aromatic carbocycles. The fourth-order valence-corrected chi connectivity index (χ4v) is 2.12. The fourth-order valence-electron chi connectivity index (χ4n) is 1.90. The number of aryl methyl sites for hydroxylation is 1. The summed E-state index contributed by atoms with van der Waals surface area (Å²) in [6, 6.07) is 2.03. The minimum atomic E-state index is -1.75. The van der Waals surface area contributed by atoms with Gasteiger partial charge in [0.05, 0.1) is 29.5 Å². The zero-order chi connectivity index (χ0) is 18.6. The number of anilines is 2. The molecule has 1 heterocycles. The molecule has 2 aromatic rings. The van der Waals surface area contributed by atoms with Crippen molar-refractivity contribution in [1.29, 1.82) is 0 Å². The normalized spacial score (nSPS) is 10.6. The van der Waals surface area contributed by atoms with Crippen LogP contribution in [0.3, 0.4) is 0 Å². The third-order valence-corrected chi connectivity index (χ3v) is 3.26. The number of rotatable bonds is 6. The second-order valence-corrected chi connectivity index (χ2v) is 5.29. The molecule has 10 heteroatoms. The van der Waals surface area contributed by atoms with Crippen molar-refractivity contribution in [3.8, 4) is 0 Å². The number of benzene rings is 1. The number of nitrogens with one attached hydrogen (secondary N) is 2. The van der Waals surface area contributed by atoms with Crippen molar-refractivity contribution in [3.05, 3.63) is 51.9 Å². The van der Waals surface area contributed by atoms with Gasteiger partial charge in [0.1, 0.15) is 5.82 Å². The van der Waals surface area contributed by atoms with E-state index in [4.69, 9.17) is 16.7 Å². The largest absolute Gasteiger partial charge is 0.394 e. The van der Waals surface area contributed by atoms with Crippen LogP contribution in [0.4, 0.5) is 24.7 Å². The quantitative estimate of drug-likeness (QED) is 0.411. The van der Waals surface area contributed by atoms with Crippen LogP contribution in [-0.4, -0.2) is 29.2 Å². The van der Waals surface area contributed by atoms with Gasteiger partial charge in [-0.3, -0.25) is 9.63 Å². The third-order valence-electron chi connectivity index (χ3n) is 3.05. The topological polar surface area (TPSA) is 83.5 Å².